The van der Waals surface area contributed by atoms with Crippen molar-refractivity contribution in [2.75, 3.05) is 0 Å². The summed E-state index contributed by atoms with van der Waals surface area (Å²) in [7, 11) is 0. The number of cyclic esters (lactones) is 1. The first-order chi connectivity index (χ1) is 10.5. The minimum absolute atomic E-state index is 0.00981. The molecular weight excluding hydrogens is 282 g/mol. The molecule has 2 aromatic rings. The normalized spacial score (nSPS) is 15.3. The third kappa shape index (κ3) is 2.26. The molecule has 0 unspecified atom stereocenters. The number of rotatable bonds is 2. The number of carbonyl (C=O) groups excluding carboxylic acids is 1. The lowest BCUT2D eigenvalue weighted by atomic mass is 10.0. The largest absolute Gasteiger partial charge is 0.415 e. The van der Waals surface area contributed by atoms with Gasteiger partial charge in [0.1, 0.15) is 0 Å². The highest BCUT2D eigenvalue weighted by molar-refractivity contribution is 6.06. The summed E-state index contributed by atoms with van der Waals surface area (Å²) in [5.41, 5.74) is 2.87. The third-order valence-corrected chi connectivity index (χ3v) is 3.48. The standard InChI is InChI=1S/C17H13NO4/c1-10-7-11(2)9-12(8-10)15(18(20)21)16-13-5-3-4-6-14(13)17(19)22-16/h3-9H,1-2H3/b16-15+. The Hall–Kier alpha value is -2.95. The number of benzene rings is 2. The molecule has 0 aromatic heterocycles. The monoisotopic (exact) mass is 295 g/mol. The molecule has 1 heterocycles. The van der Waals surface area contributed by atoms with Gasteiger partial charge >= 0.3 is 11.7 Å². The molecule has 0 fully saturated rings. The van der Waals surface area contributed by atoms with Gasteiger partial charge in [-0.3, -0.25) is 10.1 Å². The minimum atomic E-state index is -0.561. The van der Waals surface area contributed by atoms with E-state index in [0.29, 0.717) is 16.7 Å². The predicted octanol–water partition coefficient (Wildman–Crippen LogP) is 3.58. The number of fused-ring (bicyclic) bond motifs is 1. The van der Waals surface area contributed by atoms with Gasteiger partial charge in [-0.2, -0.15) is 0 Å². The highest BCUT2D eigenvalue weighted by Crippen LogP contribution is 2.36. The molecule has 5 heteroatoms. The van der Waals surface area contributed by atoms with E-state index in [1.807, 2.05) is 19.9 Å². The van der Waals surface area contributed by atoms with Crippen molar-refractivity contribution in [1.82, 2.24) is 0 Å². The predicted molar refractivity (Wildman–Crippen MR) is 81.6 cm³/mol. The summed E-state index contributed by atoms with van der Waals surface area (Å²) in [6, 6.07) is 12.0. The van der Waals surface area contributed by atoms with E-state index in [1.54, 1.807) is 36.4 Å². The van der Waals surface area contributed by atoms with Crippen LogP contribution in [-0.4, -0.2) is 10.9 Å². The van der Waals surface area contributed by atoms with Gasteiger partial charge in [-0.05, 0) is 32.0 Å². The van der Waals surface area contributed by atoms with Crippen molar-refractivity contribution in [2.45, 2.75) is 13.8 Å². The van der Waals surface area contributed by atoms with E-state index in [2.05, 4.69) is 0 Å². The van der Waals surface area contributed by atoms with Crippen molar-refractivity contribution >= 4 is 17.4 Å². The SMILES string of the molecule is Cc1cc(C)cc(/C(=C2\OC(=O)c3ccccc32)[N+](=O)[O-])c1. The quantitative estimate of drug-likeness (QED) is 0.482. The van der Waals surface area contributed by atoms with Crippen LogP contribution >= 0.6 is 0 Å². The van der Waals surface area contributed by atoms with Crippen molar-refractivity contribution in [3.05, 3.63) is 80.4 Å². The highest BCUT2D eigenvalue weighted by Gasteiger charge is 2.34. The summed E-state index contributed by atoms with van der Waals surface area (Å²) in [4.78, 5) is 23.0. The molecule has 0 bridgehead atoms. The van der Waals surface area contributed by atoms with Gasteiger partial charge in [0, 0.05) is 5.56 Å². The molecule has 0 radical (unpaired) electrons. The van der Waals surface area contributed by atoms with Crippen LogP contribution in [0.15, 0.2) is 42.5 Å². The van der Waals surface area contributed by atoms with Crippen molar-refractivity contribution in [2.24, 2.45) is 0 Å². The summed E-state index contributed by atoms with van der Waals surface area (Å²) in [6.07, 6.45) is 0. The molecule has 0 saturated carbocycles. The van der Waals surface area contributed by atoms with Gasteiger partial charge in [-0.25, -0.2) is 4.79 Å². The number of nitro groups is 1. The van der Waals surface area contributed by atoms with Crippen LogP contribution in [-0.2, 0) is 4.74 Å². The van der Waals surface area contributed by atoms with Crippen LogP contribution in [0.3, 0.4) is 0 Å². The molecular formula is C17H13NO4. The van der Waals surface area contributed by atoms with E-state index in [4.69, 9.17) is 4.74 Å². The molecule has 110 valence electrons. The van der Waals surface area contributed by atoms with Crippen LogP contribution < -0.4 is 0 Å². The Morgan fingerprint density at radius 1 is 1.05 bits per heavy atom. The molecule has 0 spiro atoms. The molecule has 0 N–H and O–H groups in total. The summed E-state index contributed by atoms with van der Waals surface area (Å²) in [6.45, 7) is 3.74. The summed E-state index contributed by atoms with van der Waals surface area (Å²) < 4.78 is 5.19. The Balaban J connectivity index is 2.29. The van der Waals surface area contributed by atoms with Crippen molar-refractivity contribution in [1.29, 1.82) is 0 Å². The zero-order chi connectivity index (χ0) is 15.9. The Morgan fingerprint density at radius 2 is 1.64 bits per heavy atom. The highest BCUT2D eigenvalue weighted by atomic mass is 16.6. The molecule has 5 nitrogen and oxygen atoms in total. The maximum absolute atomic E-state index is 11.9. The molecule has 1 aliphatic rings. The fraction of sp³-hybridized carbons (Fsp3) is 0.118. The Kier molecular flexibility index (Phi) is 3.25. The fourth-order valence-electron chi connectivity index (χ4n) is 2.67. The van der Waals surface area contributed by atoms with Crippen LogP contribution in [0.5, 0.6) is 0 Å². The maximum atomic E-state index is 11.9. The van der Waals surface area contributed by atoms with Crippen LogP contribution in [0.4, 0.5) is 0 Å². The van der Waals surface area contributed by atoms with E-state index >= 15 is 0 Å². The van der Waals surface area contributed by atoms with Crippen LogP contribution in [0.2, 0.25) is 0 Å². The van der Waals surface area contributed by atoms with Gasteiger partial charge in [0.2, 0.25) is 5.76 Å². The number of nitrogens with zero attached hydrogens (tertiary/aromatic N) is 1. The molecule has 3 rings (SSSR count). The van der Waals surface area contributed by atoms with Gasteiger partial charge in [0.05, 0.1) is 16.1 Å². The lowest BCUT2D eigenvalue weighted by molar-refractivity contribution is -0.375. The number of esters is 1. The lowest BCUT2D eigenvalue weighted by Gasteiger charge is -2.06. The number of hydrogen-bond donors (Lipinski definition) is 0. The van der Waals surface area contributed by atoms with E-state index < -0.39 is 10.9 Å². The van der Waals surface area contributed by atoms with E-state index in [9.17, 15) is 14.9 Å². The van der Waals surface area contributed by atoms with E-state index in [-0.39, 0.29) is 11.5 Å². The van der Waals surface area contributed by atoms with Crippen LogP contribution in [0, 0.1) is 24.0 Å². The minimum Gasteiger partial charge on any atom is -0.415 e. The van der Waals surface area contributed by atoms with E-state index in [1.165, 1.54) is 0 Å². The number of ether oxygens (including phenoxy) is 1. The molecule has 22 heavy (non-hydrogen) atoms. The first kappa shape index (κ1) is 14.0. The topological polar surface area (TPSA) is 69.4 Å². The second-order valence-electron chi connectivity index (χ2n) is 5.25. The van der Waals surface area contributed by atoms with Crippen molar-refractivity contribution in [3.63, 3.8) is 0 Å². The molecule has 0 saturated heterocycles. The average Bonchev–Trinajstić information content (AvgIpc) is 2.75. The number of carbonyl (C=O) groups is 1. The molecule has 2 aromatic carbocycles. The van der Waals surface area contributed by atoms with Crippen molar-refractivity contribution in [3.8, 4) is 0 Å². The summed E-state index contributed by atoms with van der Waals surface area (Å²) in [5.74, 6) is -0.551. The first-order valence-electron chi connectivity index (χ1n) is 6.76. The van der Waals surface area contributed by atoms with Gasteiger partial charge in [0.15, 0.2) is 0 Å². The molecule has 0 atom stereocenters. The Labute approximate surface area is 127 Å². The van der Waals surface area contributed by atoms with Crippen LogP contribution in [0.25, 0.3) is 11.5 Å². The molecule has 1 aliphatic heterocycles. The second kappa shape index (κ2) is 5.11. The van der Waals surface area contributed by atoms with Crippen LogP contribution in [0.1, 0.15) is 32.6 Å². The summed E-state index contributed by atoms with van der Waals surface area (Å²) in [5, 5.41) is 11.6. The smallest absolute Gasteiger partial charge is 0.344 e. The summed E-state index contributed by atoms with van der Waals surface area (Å²) >= 11 is 0. The Bertz CT molecular complexity index is 816. The van der Waals surface area contributed by atoms with Gasteiger partial charge in [0.25, 0.3) is 0 Å². The fourth-order valence-corrected chi connectivity index (χ4v) is 2.67. The van der Waals surface area contributed by atoms with E-state index in [0.717, 1.165) is 11.1 Å². The maximum Gasteiger partial charge on any atom is 0.344 e. The molecule has 0 amide bonds. The second-order valence-corrected chi connectivity index (χ2v) is 5.25. The Morgan fingerprint density at radius 3 is 2.23 bits per heavy atom. The number of aryl methyl sites for hydroxylation is 2. The first-order valence-corrected chi connectivity index (χ1v) is 6.76. The average molecular weight is 295 g/mol. The van der Waals surface area contributed by atoms with Crippen molar-refractivity contribution < 1.29 is 14.5 Å². The van der Waals surface area contributed by atoms with Gasteiger partial charge in [-0.15, -0.1) is 0 Å². The lowest BCUT2D eigenvalue weighted by Crippen LogP contribution is -2.03. The van der Waals surface area contributed by atoms with Gasteiger partial charge < -0.3 is 4.74 Å². The van der Waals surface area contributed by atoms with Gasteiger partial charge in [-0.1, -0.05) is 35.4 Å². The third-order valence-electron chi connectivity index (χ3n) is 3.48. The zero-order valence-electron chi connectivity index (χ0n) is 12.1. The molecule has 0 aliphatic carbocycles. The number of hydrogen-bond acceptors (Lipinski definition) is 4. The zero-order valence-corrected chi connectivity index (χ0v) is 12.1.